The highest BCUT2D eigenvalue weighted by Gasteiger charge is 2.20. The largest absolute Gasteiger partial charge is 0.490 e. The van der Waals surface area contributed by atoms with E-state index in [1.54, 1.807) is 0 Å². The second-order valence-electron chi connectivity index (χ2n) is 13.8. The van der Waals surface area contributed by atoms with Crippen LogP contribution in [-0.4, -0.2) is 39.6 Å². The number of ether oxygens (including phenoxy) is 6. The van der Waals surface area contributed by atoms with E-state index in [0.29, 0.717) is 39.6 Å². The van der Waals surface area contributed by atoms with Crippen molar-refractivity contribution < 1.29 is 28.4 Å². The van der Waals surface area contributed by atoms with Gasteiger partial charge in [0.05, 0.1) is 39.6 Å². The number of fused-ring (bicyclic) bond motifs is 6. The minimum atomic E-state index is 0.647. The van der Waals surface area contributed by atoms with E-state index in [0.717, 1.165) is 163 Å². The molecule has 0 aliphatic rings. The Labute approximate surface area is 308 Å². The molecular weight excluding hydrogens is 636 g/mol. The van der Waals surface area contributed by atoms with Crippen LogP contribution in [0.5, 0.6) is 34.5 Å². The molecular formula is C45H66O6. The van der Waals surface area contributed by atoms with Crippen LogP contribution in [0.15, 0.2) is 36.4 Å². The predicted molar refractivity (Wildman–Crippen MR) is 215 cm³/mol. The third-order valence-electron chi connectivity index (χ3n) is 9.40. The van der Waals surface area contributed by atoms with Crippen molar-refractivity contribution >= 4 is 32.3 Å². The van der Waals surface area contributed by atoms with Gasteiger partial charge in [-0.25, -0.2) is 0 Å². The van der Waals surface area contributed by atoms with Gasteiger partial charge in [-0.2, -0.15) is 0 Å². The summed E-state index contributed by atoms with van der Waals surface area (Å²) in [5, 5.41) is 6.58. The number of hydrogen-bond donors (Lipinski definition) is 0. The Morgan fingerprint density at radius 1 is 0.255 bits per heavy atom. The SMILES string of the molecule is CCCCCOc1cc2c(cc1OCCCC)c1cc(OCCCCC)c(OCCCC)cc1c1cc(OCCCCC)c(OCCCC)cc21. The topological polar surface area (TPSA) is 55.4 Å². The van der Waals surface area contributed by atoms with E-state index in [9.17, 15) is 0 Å². The second-order valence-corrected chi connectivity index (χ2v) is 13.8. The molecule has 0 atom stereocenters. The molecule has 0 radical (unpaired) electrons. The Morgan fingerprint density at radius 2 is 0.431 bits per heavy atom. The molecule has 0 aromatic heterocycles. The van der Waals surface area contributed by atoms with Crippen molar-refractivity contribution in [2.45, 2.75) is 138 Å². The lowest BCUT2D eigenvalue weighted by Gasteiger charge is -2.20. The Bertz CT molecular complexity index is 1390. The average molecular weight is 703 g/mol. The number of rotatable bonds is 27. The molecule has 6 nitrogen and oxygen atoms in total. The molecule has 51 heavy (non-hydrogen) atoms. The van der Waals surface area contributed by atoms with Gasteiger partial charge in [0.2, 0.25) is 0 Å². The number of benzene rings is 4. The zero-order valence-corrected chi connectivity index (χ0v) is 32.8. The normalized spacial score (nSPS) is 11.4. The Kier molecular flexibility index (Phi) is 17.7. The van der Waals surface area contributed by atoms with E-state index in [4.69, 9.17) is 28.4 Å². The molecule has 4 rings (SSSR count). The molecule has 0 saturated carbocycles. The van der Waals surface area contributed by atoms with Crippen molar-refractivity contribution in [1.82, 2.24) is 0 Å². The first-order chi connectivity index (χ1) is 25.1. The molecule has 0 aliphatic carbocycles. The van der Waals surface area contributed by atoms with Crippen molar-refractivity contribution in [3.05, 3.63) is 36.4 Å². The molecule has 6 heteroatoms. The predicted octanol–water partition coefficient (Wildman–Crippen LogP) is 13.4. The van der Waals surface area contributed by atoms with Crippen LogP contribution in [0.1, 0.15) is 138 Å². The van der Waals surface area contributed by atoms with Gasteiger partial charge in [0, 0.05) is 0 Å². The van der Waals surface area contributed by atoms with E-state index >= 15 is 0 Å². The van der Waals surface area contributed by atoms with Crippen LogP contribution >= 0.6 is 0 Å². The summed E-state index contributed by atoms with van der Waals surface area (Å²) in [6, 6.07) is 13.1. The van der Waals surface area contributed by atoms with Crippen LogP contribution in [0.3, 0.4) is 0 Å². The molecule has 4 aromatic rings. The third kappa shape index (κ3) is 11.5. The standard InChI is InChI=1S/C45H66O6/c1-7-13-19-25-49-43-31-37-34(28-40(43)46-22-16-10-4)38-32-44(50-26-20-14-8-2)42(48-24-18-12-6)30-36(38)39-33-45(51-27-21-15-9-3)41(29-35(37)39)47-23-17-11-5/h28-33H,7-27H2,1-6H3. The summed E-state index contributed by atoms with van der Waals surface area (Å²) in [4.78, 5) is 0. The Hall–Kier alpha value is -3.54. The molecule has 0 amide bonds. The summed E-state index contributed by atoms with van der Waals surface area (Å²) in [6.45, 7) is 17.1. The van der Waals surface area contributed by atoms with Crippen molar-refractivity contribution in [3.8, 4) is 34.5 Å². The van der Waals surface area contributed by atoms with Gasteiger partial charge < -0.3 is 28.4 Å². The van der Waals surface area contributed by atoms with Crippen molar-refractivity contribution in [3.63, 3.8) is 0 Å². The lowest BCUT2D eigenvalue weighted by atomic mass is 9.93. The second kappa shape index (κ2) is 22.4. The Morgan fingerprint density at radius 3 is 0.608 bits per heavy atom. The highest BCUT2D eigenvalue weighted by atomic mass is 16.5. The lowest BCUT2D eigenvalue weighted by Crippen LogP contribution is -2.04. The van der Waals surface area contributed by atoms with Crippen LogP contribution < -0.4 is 28.4 Å². The molecule has 4 aromatic carbocycles. The minimum absolute atomic E-state index is 0.647. The molecule has 0 aliphatic heterocycles. The van der Waals surface area contributed by atoms with Crippen LogP contribution in [0.25, 0.3) is 32.3 Å². The van der Waals surface area contributed by atoms with Gasteiger partial charge in [0.15, 0.2) is 34.5 Å². The molecule has 0 spiro atoms. The summed E-state index contributed by atoms with van der Waals surface area (Å²) in [7, 11) is 0. The molecule has 0 heterocycles. The quantitative estimate of drug-likeness (QED) is 0.0455. The molecule has 0 unspecified atom stereocenters. The summed E-state index contributed by atoms with van der Waals surface area (Å²) in [5.41, 5.74) is 0. The minimum Gasteiger partial charge on any atom is -0.490 e. The summed E-state index contributed by atoms with van der Waals surface area (Å²) >= 11 is 0. The van der Waals surface area contributed by atoms with Crippen molar-refractivity contribution in [1.29, 1.82) is 0 Å². The van der Waals surface area contributed by atoms with Crippen LogP contribution in [0, 0.1) is 0 Å². The zero-order chi connectivity index (χ0) is 36.3. The van der Waals surface area contributed by atoms with E-state index in [1.807, 2.05) is 0 Å². The van der Waals surface area contributed by atoms with Gasteiger partial charge in [-0.3, -0.25) is 0 Å². The number of hydrogen-bond acceptors (Lipinski definition) is 6. The monoisotopic (exact) mass is 702 g/mol. The van der Waals surface area contributed by atoms with Crippen molar-refractivity contribution in [2.24, 2.45) is 0 Å². The van der Waals surface area contributed by atoms with E-state index in [1.165, 1.54) is 0 Å². The first-order valence-electron chi connectivity index (χ1n) is 20.4. The lowest BCUT2D eigenvalue weighted by molar-refractivity contribution is 0.261. The fourth-order valence-corrected chi connectivity index (χ4v) is 6.28. The van der Waals surface area contributed by atoms with Gasteiger partial charge in [-0.15, -0.1) is 0 Å². The van der Waals surface area contributed by atoms with E-state index in [-0.39, 0.29) is 0 Å². The van der Waals surface area contributed by atoms with Gasteiger partial charge in [0.1, 0.15) is 0 Å². The maximum absolute atomic E-state index is 6.50. The average Bonchev–Trinajstić information content (AvgIpc) is 3.14. The van der Waals surface area contributed by atoms with E-state index < -0.39 is 0 Å². The molecule has 0 fully saturated rings. The molecule has 282 valence electrons. The first-order valence-corrected chi connectivity index (χ1v) is 20.4. The zero-order valence-electron chi connectivity index (χ0n) is 32.8. The van der Waals surface area contributed by atoms with Gasteiger partial charge >= 0.3 is 0 Å². The highest BCUT2D eigenvalue weighted by Crippen LogP contribution is 2.47. The molecule has 0 saturated heterocycles. The van der Waals surface area contributed by atoms with Crippen molar-refractivity contribution in [2.75, 3.05) is 39.6 Å². The van der Waals surface area contributed by atoms with Crippen LogP contribution in [0.4, 0.5) is 0 Å². The van der Waals surface area contributed by atoms with Crippen LogP contribution in [-0.2, 0) is 0 Å². The smallest absolute Gasteiger partial charge is 0.161 e. The number of unbranched alkanes of at least 4 members (excludes halogenated alkanes) is 9. The first kappa shape index (κ1) is 40.2. The van der Waals surface area contributed by atoms with Gasteiger partial charge in [-0.05, 0) is 107 Å². The summed E-state index contributed by atoms with van der Waals surface area (Å²) < 4.78 is 38.9. The van der Waals surface area contributed by atoms with E-state index in [2.05, 4.69) is 77.9 Å². The highest BCUT2D eigenvalue weighted by molar-refractivity contribution is 6.26. The molecule has 0 bridgehead atoms. The maximum atomic E-state index is 6.50. The fourth-order valence-electron chi connectivity index (χ4n) is 6.28. The van der Waals surface area contributed by atoms with Gasteiger partial charge in [-0.1, -0.05) is 99.3 Å². The van der Waals surface area contributed by atoms with Gasteiger partial charge in [0.25, 0.3) is 0 Å². The van der Waals surface area contributed by atoms with Crippen LogP contribution in [0.2, 0.25) is 0 Å². The fraction of sp³-hybridized carbons (Fsp3) is 0.600. The summed E-state index contributed by atoms with van der Waals surface area (Å²) in [5.74, 6) is 4.74. The molecule has 0 N–H and O–H groups in total. The Balaban J connectivity index is 2.02. The summed E-state index contributed by atoms with van der Waals surface area (Å²) in [6.07, 6.45) is 16.0. The third-order valence-corrected chi connectivity index (χ3v) is 9.40. The maximum Gasteiger partial charge on any atom is 0.161 e.